The van der Waals surface area contributed by atoms with Gasteiger partial charge in [0.25, 0.3) is 0 Å². The molecule has 1 atom stereocenters. The first-order chi connectivity index (χ1) is 25.9. The van der Waals surface area contributed by atoms with Gasteiger partial charge in [-0.3, -0.25) is 4.79 Å². The van der Waals surface area contributed by atoms with Gasteiger partial charge in [-0.05, 0) is 83.2 Å². The molecule has 0 fully saturated rings. The van der Waals surface area contributed by atoms with Gasteiger partial charge in [-0.15, -0.1) is 0 Å². The van der Waals surface area contributed by atoms with Crippen LogP contribution in [0.3, 0.4) is 0 Å². The normalized spacial score (nSPS) is 12.3. The predicted molar refractivity (Wildman–Crippen MR) is 232 cm³/mol. The Hall–Kier alpha value is -1.07. The Morgan fingerprint density at radius 2 is 0.906 bits per heavy atom. The number of hydrogen-bond donors (Lipinski definition) is 1. The summed E-state index contributed by atoms with van der Waals surface area (Å²) in [5.74, 6) is 1.40. The number of aliphatic hydroxyl groups is 1. The highest BCUT2D eigenvalue weighted by atomic mass is 16.5. The number of ether oxygens (including phenoxy) is 2. The number of unbranched alkanes of at least 4 members (excludes halogenated alkanes) is 23. The van der Waals surface area contributed by atoms with Crippen LogP contribution in [-0.4, -0.2) is 54.4 Å². The zero-order chi connectivity index (χ0) is 39.0. The Balaban J connectivity index is 4.09. The molecule has 1 unspecified atom stereocenters. The zero-order valence-electron chi connectivity index (χ0n) is 36.7. The molecule has 316 valence electrons. The summed E-state index contributed by atoms with van der Waals surface area (Å²) in [5.41, 5.74) is 0. The van der Waals surface area contributed by atoms with E-state index in [4.69, 9.17) is 9.47 Å². The molecule has 0 bridgehead atoms. The van der Waals surface area contributed by atoms with Gasteiger partial charge >= 0.3 is 5.97 Å². The van der Waals surface area contributed by atoms with E-state index in [1.54, 1.807) is 0 Å². The van der Waals surface area contributed by atoms with Gasteiger partial charge < -0.3 is 19.5 Å². The molecule has 0 rings (SSSR count). The number of carbonyl (C=O) groups excluding carboxylic acids is 1. The van der Waals surface area contributed by atoms with Gasteiger partial charge in [-0.2, -0.15) is 0 Å². The topological polar surface area (TPSA) is 59.0 Å². The van der Waals surface area contributed by atoms with E-state index in [0.29, 0.717) is 18.4 Å². The Labute approximate surface area is 332 Å². The second-order valence-corrected chi connectivity index (χ2v) is 16.8. The van der Waals surface area contributed by atoms with Crippen molar-refractivity contribution >= 4 is 5.97 Å². The first-order valence-corrected chi connectivity index (χ1v) is 23.7. The van der Waals surface area contributed by atoms with Gasteiger partial charge in [0.2, 0.25) is 0 Å². The van der Waals surface area contributed by atoms with Crippen molar-refractivity contribution in [3.8, 4) is 0 Å². The third-order valence-electron chi connectivity index (χ3n) is 11.2. The molecule has 53 heavy (non-hydrogen) atoms. The largest absolute Gasteiger partial charge is 0.495 e. The summed E-state index contributed by atoms with van der Waals surface area (Å²) in [6.45, 7) is 18.7. The summed E-state index contributed by atoms with van der Waals surface area (Å²) in [5, 5.41) is 9.61. The molecule has 0 spiro atoms. The number of allylic oxidation sites excluding steroid dienone is 1. The SMILES string of the molecule is C=C(CCCCCCCN(CCO)CCCCCCCC(=O)OC(CCCCCCCC)C(C)C)OC(CCCCCCCC)CCCCCCCC. The molecular formula is C48H95NO4. The number of rotatable bonds is 43. The highest BCUT2D eigenvalue weighted by Crippen LogP contribution is 2.22. The van der Waals surface area contributed by atoms with E-state index in [1.807, 2.05) is 0 Å². The molecule has 0 saturated heterocycles. The molecule has 0 aliphatic carbocycles. The standard InChI is InChI=1S/C48H95NO4/c1-7-10-13-16-22-29-36-46(37-30-23-17-14-11-8-2)52-45(6)35-28-21-19-26-33-40-49(42-43-50)41-34-27-20-25-32-39-48(51)53-47(44(4)5)38-31-24-18-15-12-9-3/h44,46-47,50H,6-43H2,1-5H3. The number of carbonyl (C=O) groups is 1. The van der Waals surface area contributed by atoms with E-state index in [2.05, 4.69) is 46.1 Å². The van der Waals surface area contributed by atoms with E-state index in [0.717, 1.165) is 51.1 Å². The summed E-state index contributed by atoms with van der Waals surface area (Å²) < 4.78 is 12.4. The second kappa shape index (κ2) is 40.6. The van der Waals surface area contributed by atoms with E-state index >= 15 is 0 Å². The first kappa shape index (κ1) is 51.9. The fraction of sp³-hybridized carbons (Fsp3) is 0.938. The highest BCUT2D eigenvalue weighted by Gasteiger charge is 2.18. The van der Waals surface area contributed by atoms with Crippen molar-refractivity contribution in [3.05, 3.63) is 12.3 Å². The molecular weight excluding hydrogens is 655 g/mol. The lowest BCUT2D eigenvalue weighted by Gasteiger charge is -2.22. The number of nitrogens with zero attached hydrogens (tertiary/aromatic N) is 1. The van der Waals surface area contributed by atoms with Crippen LogP contribution in [0.25, 0.3) is 0 Å². The quantitative estimate of drug-likeness (QED) is 0.0382. The number of hydrogen-bond acceptors (Lipinski definition) is 5. The van der Waals surface area contributed by atoms with Crippen molar-refractivity contribution in [2.24, 2.45) is 5.92 Å². The summed E-state index contributed by atoms with van der Waals surface area (Å²) in [6, 6.07) is 0. The summed E-state index contributed by atoms with van der Waals surface area (Å²) in [7, 11) is 0. The predicted octanol–water partition coefficient (Wildman–Crippen LogP) is 14.7. The number of esters is 1. The van der Waals surface area contributed by atoms with E-state index < -0.39 is 0 Å². The van der Waals surface area contributed by atoms with Crippen molar-refractivity contribution in [2.75, 3.05) is 26.2 Å². The first-order valence-electron chi connectivity index (χ1n) is 23.7. The lowest BCUT2D eigenvalue weighted by atomic mass is 9.99. The van der Waals surface area contributed by atoms with Crippen LogP contribution in [0.4, 0.5) is 0 Å². The van der Waals surface area contributed by atoms with Crippen LogP contribution in [0.2, 0.25) is 0 Å². The fourth-order valence-corrected chi connectivity index (χ4v) is 7.54. The van der Waals surface area contributed by atoms with Crippen LogP contribution in [0.15, 0.2) is 12.3 Å². The maximum atomic E-state index is 12.5. The van der Waals surface area contributed by atoms with Gasteiger partial charge in [0, 0.05) is 19.4 Å². The third kappa shape index (κ3) is 36.3. The molecule has 5 nitrogen and oxygen atoms in total. The van der Waals surface area contributed by atoms with Crippen LogP contribution < -0.4 is 0 Å². The minimum atomic E-state index is -0.00619. The maximum Gasteiger partial charge on any atom is 0.306 e. The van der Waals surface area contributed by atoms with Crippen molar-refractivity contribution in [2.45, 2.75) is 259 Å². The van der Waals surface area contributed by atoms with Gasteiger partial charge in [-0.1, -0.05) is 176 Å². The molecule has 0 saturated carbocycles. The molecule has 0 aliphatic heterocycles. The van der Waals surface area contributed by atoms with Crippen molar-refractivity contribution in [1.29, 1.82) is 0 Å². The molecule has 0 aromatic carbocycles. The molecule has 0 heterocycles. The summed E-state index contributed by atoms with van der Waals surface area (Å²) >= 11 is 0. The molecule has 1 N–H and O–H groups in total. The van der Waals surface area contributed by atoms with Crippen molar-refractivity contribution in [1.82, 2.24) is 4.90 Å². The van der Waals surface area contributed by atoms with E-state index in [1.165, 1.54) is 180 Å². The van der Waals surface area contributed by atoms with Crippen molar-refractivity contribution < 1.29 is 19.4 Å². The zero-order valence-corrected chi connectivity index (χ0v) is 36.7. The Morgan fingerprint density at radius 1 is 0.509 bits per heavy atom. The smallest absolute Gasteiger partial charge is 0.306 e. The number of aliphatic hydroxyl groups excluding tert-OH is 1. The lowest BCUT2D eigenvalue weighted by Crippen LogP contribution is -2.29. The van der Waals surface area contributed by atoms with E-state index in [9.17, 15) is 9.90 Å². The monoisotopic (exact) mass is 750 g/mol. The average molecular weight is 750 g/mol. The van der Waals surface area contributed by atoms with Gasteiger partial charge in [0.05, 0.1) is 18.5 Å². The molecule has 0 amide bonds. The minimum absolute atomic E-state index is 0.00619. The van der Waals surface area contributed by atoms with Crippen LogP contribution in [0.1, 0.15) is 247 Å². The summed E-state index contributed by atoms with van der Waals surface area (Å²) in [6.07, 6.45) is 40.9. The Kier molecular flexibility index (Phi) is 39.8. The fourth-order valence-electron chi connectivity index (χ4n) is 7.54. The minimum Gasteiger partial charge on any atom is -0.495 e. The Bertz CT molecular complexity index is 755. The lowest BCUT2D eigenvalue weighted by molar-refractivity contribution is -0.151. The average Bonchev–Trinajstić information content (AvgIpc) is 3.14. The highest BCUT2D eigenvalue weighted by molar-refractivity contribution is 5.69. The molecule has 0 radical (unpaired) electrons. The molecule has 0 aromatic heterocycles. The molecule has 5 heteroatoms. The van der Waals surface area contributed by atoms with Gasteiger partial charge in [0.1, 0.15) is 6.10 Å². The van der Waals surface area contributed by atoms with Crippen LogP contribution in [0, 0.1) is 5.92 Å². The Morgan fingerprint density at radius 3 is 1.36 bits per heavy atom. The molecule has 0 aromatic rings. The van der Waals surface area contributed by atoms with Crippen molar-refractivity contribution in [3.63, 3.8) is 0 Å². The van der Waals surface area contributed by atoms with Crippen LogP contribution >= 0.6 is 0 Å². The van der Waals surface area contributed by atoms with Gasteiger partial charge in [-0.25, -0.2) is 0 Å². The maximum absolute atomic E-state index is 12.5. The van der Waals surface area contributed by atoms with E-state index in [-0.39, 0.29) is 18.7 Å². The third-order valence-corrected chi connectivity index (χ3v) is 11.2. The van der Waals surface area contributed by atoms with Crippen LogP contribution in [-0.2, 0) is 14.3 Å². The second-order valence-electron chi connectivity index (χ2n) is 16.8. The summed E-state index contributed by atoms with van der Waals surface area (Å²) in [4.78, 5) is 14.9. The van der Waals surface area contributed by atoms with Crippen LogP contribution in [0.5, 0.6) is 0 Å². The van der Waals surface area contributed by atoms with Gasteiger partial charge in [0.15, 0.2) is 0 Å². The molecule has 0 aliphatic rings.